The summed E-state index contributed by atoms with van der Waals surface area (Å²) in [6, 6.07) is 8.72. The van der Waals surface area contributed by atoms with Gasteiger partial charge in [-0.15, -0.1) is 0 Å². The Kier molecular flexibility index (Phi) is 8.68. The molecule has 2 aliphatic rings. The Morgan fingerprint density at radius 2 is 2.09 bits per heavy atom. The van der Waals surface area contributed by atoms with Crippen molar-refractivity contribution >= 4 is 17.7 Å². The van der Waals surface area contributed by atoms with Gasteiger partial charge in [0.2, 0.25) is 5.91 Å². The van der Waals surface area contributed by atoms with Gasteiger partial charge < -0.3 is 10.0 Å². The minimum absolute atomic E-state index is 0.115. The van der Waals surface area contributed by atoms with Crippen LogP contribution in [0.1, 0.15) is 57.6 Å². The van der Waals surface area contributed by atoms with Crippen molar-refractivity contribution in [3.8, 4) is 0 Å². The van der Waals surface area contributed by atoms with Crippen molar-refractivity contribution < 1.29 is 9.90 Å². The predicted octanol–water partition coefficient (Wildman–Crippen LogP) is 5.81. The molecule has 0 unspecified atom stereocenters. The van der Waals surface area contributed by atoms with E-state index in [1.165, 1.54) is 16.7 Å². The van der Waals surface area contributed by atoms with Gasteiger partial charge in [0.1, 0.15) is 0 Å². The molecule has 3 rings (SSSR count). The van der Waals surface area contributed by atoms with Crippen molar-refractivity contribution in [1.29, 1.82) is 0 Å². The fourth-order valence-electron chi connectivity index (χ4n) is 4.99. The molecule has 32 heavy (non-hydrogen) atoms. The molecule has 0 saturated heterocycles. The molecule has 176 valence electrons. The first-order chi connectivity index (χ1) is 15.1. The highest BCUT2D eigenvalue weighted by atomic mass is 32.2. The minimum Gasteiger partial charge on any atom is -0.392 e. The molecule has 0 heterocycles. The van der Waals surface area contributed by atoms with Gasteiger partial charge in [0.25, 0.3) is 0 Å². The van der Waals surface area contributed by atoms with Crippen LogP contribution < -0.4 is 0 Å². The van der Waals surface area contributed by atoms with E-state index in [1.54, 1.807) is 0 Å². The quantitative estimate of drug-likeness (QED) is 0.377. The summed E-state index contributed by atoms with van der Waals surface area (Å²) >= 11 is 1.87. The second-order valence-corrected chi connectivity index (χ2v) is 11.7. The third-order valence-corrected chi connectivity index (χ3v) is 8.19. The second-order valence-electron chi connectivity index (χ2n) is 10.6. The summed E-state index contributed by atoms with van der Waals surface area (Å²) in [6.07, 6.45) is 11.4. The Balaban J connectivity index is 1.41. The summed E-state index contributed by atoms with van der Waals surface area (Å²) in [5, 5.41) is 10.6. The fourth-order valence-corrected chi connectivity index (χ4v) is 5.93. The zero-order valence-corrected chi connectivity index (χ0v) is 21.3. The van der Waals surface area contributed by atoms with Crippen molar-refractivity contribution in [3.63, 3.8) is 0 Å². The van der Waals surface area contributed by atoms with Gasteiger partial charge in [-0.2, -0.15) is 11.8 Å². The third kappa shape index (κ3) is 6.74. The zero-order chi connectivity index (χ0) is 23.3. The van der Waals surface area contributed by atoms with Crippen LogP contribution in [0.5, 0.6) is 0 Å². The highest BCUT2D eigenvalue weighted by molar-refractivity contribution is 7.99. The normalized spacial score (nSPS) is 25.2. The lowest BCUT2D eigenvalue weighted by Gasteiger charge is -2.32. The van der Waals surface area contributed by atoms with Crippen LogP contribution >= 0.6 is 11.8 Å². The number of aryl methyl sites for hydroxylation is 2. The molecule has 0 radical (unpaired) electrons. The molecule has 0 aliphatic heterocycles. The van der Waals surface area contributed by atoms with E-state index in [4.69, 9.17) is 0 Å². The molecular formula is C28H41NO2S. The SMILES string of the molecule is Cc1cccc(CCC=C[C@@H]2[C@H]3CC(CSCCC(=O)N(C)C(C)(C)C)=C[C@H]3C[C@H]2O)c1. The lowest BCUT2D eigenvalue weighted by molar-refractivity contribution is -0.133. The van der Waals surface area contributed by atoms with Crippen LogP contribution in [0.2, 0.25) is 0 Å². The molecule has 1 aromatic rings. The van der Waals surface area contributed by atoms with Crippen LogP contribution in [0.25, 0.3) is 0 Å². The maximum atomic E-state index is 12.3. The average molecular weight is 456 g/mol. The molecule has 0 aromatic heterocycles. The number of allylic oxidation sites excluding steroid dienone is 2. The molecular weight excluding hydrogens is 414 g/mol. The van der Waals surface area contributed by atoms with Crippen LogP contribution in [0.3, 0.4) is 0 Å². The van der Waals surface area contributed by atoms with E-state index in [9.17, 15) is 9.90 Å². The first-order valence-electron chi connectivity index (χ1n) is 12.1. The maximum absolute atomic E-state index is 12.3. The van der Waals surface area contributed by atoms with Crippen LogP contribution in [0.15, 0.2) is 48.1 Å². The molecule has 0 spiro atoms. The van der Waals surface area contributed by atoms with E-state index in [2.05, 4.69) is 70.2 Å². The number of nitrogens with zero attached hydrogens (tertiary/aromatic N) is 1. The van der Waals surface area contributed by atoms with Gasteiger partial charge >= 0.3 is 0 Å². The fraction of sp³-hybridized carbons (Fsp3) is 0.607. The largest absolute Gasteiger partial charge is 0.392 e. The third-order valence-electron chi connectivity index (χ3n) is 7.12. The van der Waals surface area contributed by atoms with Crippen molar-refractivity contribution in [2.24, 2.45) is 17.8 Å². The van der Waals surface area contributed by atoms with Gasteiger partial charge in [-0.3, -0.25) is 4.79 Å². The summed E-state index contributed by atoms with van der Waals surface area (Å²) in [5.74, 6) is 3.45. The lowest BCUT2D eigenvalue weighted by Crippen LogP contribution is -2.42. The van der Waals surface area contributed by atoms with Crippen LogP contribution in [0, 0.1) is 24.7 Å². The van der Waals surface area contributed by atoms with Gasteiger partial charge in [0, 0.05) is 36.4 Å². The highest BCUT2D eigenvalue weighted by Gasteiger charge is 2.43. The monoisotopic (exact) mass is 455 g/mol. The first-order valence-corrected chi connectivity index (χ1v) is 13.2. The molecule has 1 aromatic carbocycles. The average Bonchev–Trinajstić information content (AvgIpc) is 3.24. The van der Waals surface area contributed by atoms with E-state index < -0.39 is 0 Å². The number of hydrogen-bond acceptors (Lipinski definition) is 3. The number of benzene rings is 1. The van der Waals surface area contributed by atoms with Crippen molar-refractivity contribution in [1.82, 2.24) is 4.90 Å². The van der Waals surface area contributed by atoms with E-state index in [0.29, 0.717) is 18.3 Å². The smallest absolute Gasteiger partial charge is 0.223 e. The van der Waals surface area contributed by atoms with Gasteiger partial charge in [-0.05, 0) is 70.8 Å². The summed E-state index contributed by atoms with van der Waals surface area (Å²) in [6.45, 7) is 8.35. The van der Waals surface area contributed by atoms with Crippen LogP contribution in [-0.4, -0.2) is 46.1 Å². The van der Waals surface area contributed by atoms with Crippen LogP contribution in [0.4, 0.5) is 0 Å². The van der Waals surface area contributed by atoms with Crippen molar-refractivity contribution in [3.05, 3.63) is 59.2 Å². The van der Waals surface area contributed by atoms with E-state index >= 15 is 0 Å². The summed E-state index contributed by atoms with van der Waals surface area (Å²) in [4.78, 5) is 14.2. The van der Waals surface area contributed by atoms with Gasteiger partial charge in [-0.25, -0.2) is 0 Å². The molecule has 0 bridgehead atoms. The second kappa shape index (κ2) is 11.1. The molecule has 1 N–H and O–H groups in total. The summed E-state index contributed by atoms with van der Waals surface area (Å²) in [7, 11) is 1.90. The molecule has 1 amide bonds. The lowest BCUT2D eigenvalue weighted by atomic mass is 9.89. The molecule has 4 atom stereocenters. The molecule has 1 saturated carbocycles. The highest BCUT2D eigenvalue weighted by Crippen LogP contribution is 2.47. The number of carbonyl (C=O) groups excluding carboxylic acids is 1. The van der Waals surface area contributed by atoms with Gasteiger partial charge in [0.15, 0.2) is 0 Å². The Morgan fingerprint density at radius 3 is 2.81 bits per heavy atom. The predicted molar refractivity (Wildman–Crippen MR) is 137 cm³/mol. The molecule has 4 heteroatoms. The number of hydrogen-bond donors (Lipinski definition) is 1. The number of thioether (sulfide) groups is 1. The molecule has 1 fully saturated rings. The number of rotatable bonds is 9. The van der Waals surface area contributed by atoms with E-state index in [0.717, 1.165) is 37.2 Å². The molecule has 2 aliphatic carbocycles. The van der Waals surface area contributed by atoms with Crippen molar-refractivity contribution in [2.45, 2.75) is 71.4 Å². The van der Waals surface area contributed by atoms with E-state index in [1.807, 2.05) is 23.7 Å². The number of aliphatic hydroxyl groups is 1. The molecule has 3 nitrogen and oxygen atoms in total. The number of carbonyl (C=O) groups is 1. The number of fused-ring (bicyclic) bond motifs is 1. The van der Waals surface area contributed by atoms with Gasteiger partial charge in [0.05, 0.1) is 6.10 Å². The van der Waals surface area contributed by atoms with Gasteiger partial charge in [-0.1, -0.05) is 53.6 Å². The standard InChI is InChI=1S/C28H41NO2S/c1-20-9-8-11-21(15-20)10-6-7-12-24-25-17-22(16-23(25)18-26(24)30)19-32-14-13-27(31)29(5)28(2,3)4/h7-9,11-12,15-16,23-26,30H,6,10,13-14,17-19H2,1-5H3/t23-,24+,25-,26+/m0/s1. The Morgan fingerprint density at radius 1 is 1.31 bits per heavy atom. The summed E-state index contributed by atoms with van der Waals surface area (Å²) in [5.41, 5.74) is 4.09. The van der Waals surface area contributed by atoms with E-state index in [-0.39, 0.29) is 23.5 Å². The Hall–Kier alpha value is -1.52. The Labute approximate surface area is 199 Å². The van der Waals surface area contributed by atoms with Crippen LogP contribution in [-0.2, 0) is 11.2 Å². The van der Waals surface area contributed by atoms with Crippen molar-refractivity contribution in [2.75, 3.05) is 18.6 Å². The Bertz CT molecular complexity index is 838. The summed E-state index contributed by atoms with van der Waals surface area (Å²) < 4.78 is 0. The number of amides is 1. The zero-order valence-electron chi connectivity index (χ0n) is 20.5. The number of aliphatic hydroxyl groups excluding tert-OH is 1. The topological polar surface area (TPSA) is 40.5 Å². The first kappa shape index (κ1) is 25.1. The maximum Gasteiger partial charge on any atom is 0.223 e. The minimum atomic E-state index is -0.212.